The smallest absolute Gasteiger partial charge is 0.229 e. The predicted octanol–water partition coefficient (Wildman–Crippen LogP) is 2.52. The molecule has 2 saturated carbocycles. The number of amides is 2. The minimum Gasteiger partial charge on any atom is -0.362 e. The van der Waals surface area contributed by atoms with E-state index in [0.29, 0.717) is 16.8 Å². The van der Waals surface area contributed by atoms with Crippen molar-refractivity contribution in [1.82, 2.24) is 21.3 Å². The molecule has 1 atom stereocenters. The van der Waals surface area contributed by atoms with E-state index >= 15 is 0 Å². The molecule has 0 heterocycles. The number of hydrogen-bond donors (Lipinski definition) is 4. The lowest BCUT2D eigenvalue weighted by Crippen LogP contribution is -2.47. The maximum absolute atomic E-state index is 12.1. The first-order valence-corrected chi connectivity index (χ1v) is 11.0. The summed E-state index contributed by atoms with van der Waals surface area (Å²) in [6, 6.07) is 0.141. The van der Waals surface area contributed by atoms with E-state index in [9.17, 15) is 9.59 Å². The molecule has 4 N–H and O–H groups in total. The molecule has 0 bridgehead atoms. The zero-order chi connectivity index (χ0) is 19.6. The zero-order valence-corrected chi connectivity index (χ0v) is 17.8. The van der Waals surface area contributed by atoms with E-state index in [-0.39, 0.29) is 29.7 Å². The van der Waals surface area contributed by atoms with Gasteiger partial charge in [0.05, 0.1) is 0 Å². The Hall–Kier alpha value is -1.28. The lowest BCUT2D eigenvalue weighted by Gasteiger charge is -2.21. The van der Waals surface area contributed by atoms with Crippen LogP contribution in [0.3, 0.4) is 0 Å². The summed E-state index contributed by atoms with van der Waals surface area (Å²) in [5.41, 5.74) is 0. The highest BCUT2D eigenvalue weighted by Gasteiger charge is 2.24. The molecular weight excluding hydrogens is 380 g/mol. The minimum atomic E-state index is 0.0333. The molecule has 0 unspecified atom stereocenters. The van der Waals surface area contributed by atoms with Crippen LogP contribution in [0.4, 0.5) is 0 Å². The molecule has 2 amide bonds. The molecule has 27 heavy (non-hydrogen) atoms. The molecule has 2 aliphatic carbocycles. The van der Waals surface area contributed by atoms with E-state index in [1.807, 2.05) is 0 Å². The number of hydrogen-bond acceptors (Lipinski definition) is 4. The quantitative estimate of drug-likeness (QED) is 0.481. The summed E-state index contributed by atoms with van der Waals surface area (Å²) in [6.07, 6.45) is 9.99. The van der Waals surface area contributed by atoms with Gasteiger partial charge in [-0.15, -0.1) is 0 Å². The van der Waals surface area contributed by atoms with Crippen molar-refractivity contribution in [2.45, 2.75) is 77.2 Å². The number of rotatable bonds is 7. The van der Waals surface area contributed by atoms with E-state index in [0.717, 1.165) is 64.2 Å². The fourth-order valence-corrected chi connectivity index (χ4v) is 4.28. The SMILES string of the molecule is CC[C@H](CCNC(=S)NC(=O)C1CCCC1)NC(=S)NC(=O)C1CCCC1. The summed E-state index contributed by atoms with van der Waals surface area (Å²) in [5, 5.41) is 12.7. The summed E-state index contributed by atoms with van der Waals surface area (Å²) < 4.78 is 0. The third-order valence-electron chi connectivity index (χ3n) is 5.53. The second-order valence-corrected chi connectivity index (χ2v) is 8.38. The van der Waals surface area contributed by atoms with Gasteiger partial charge >= 0.3 is 0 Å². The molecule has 0 aromatic rings. The van der Waals surface area contributed by atoms with Crippen LogP contribution in [-0.4, -0.2) is 34.6 Å². The minimum absolute atomic E-state index is 0.0333. The Kier molecular flexibility index (Phi) is 9.41. The monoisotopic (exact) mass is 412 g/mol. The van der Waals surface area contributed by atoms with Crippen LogP contribution in [0.1, 0.15) is 71.1 Å². The normalized spacial score (nSPS) is 18.7. The molecule has 2 rings (SSSR count). The second kappa shape index (κ2) is 11.5. The summed E-state index contributed by atoms with van der Waals surface area (Å²) >= 11 is 10.5. The number of nitrogens with one attached hydrogen (secondary N) is 4. The maximum atomic E-state index is 12.1. The zero-order valence-electron chi connectivity index (χ0n) is 16.1. The number of carbonyl (C=O) groups is 2. The number of thiocarbonyl (C=S) groups is 2. The Morgan fingerprint density at radius 3 is 1.85 bits per heavy atom. The second-order valence-electron chi connectivity index (χ2n) is 7.56. The molecule has 0 saturated heterocycles. The van der Waals surface area contributed by atoms with E-state index < -0.39 is 0 Å². The predicted molar refractivity (Wildman–Crippen MR) is 115 cm³/mol. The van der Waals surface area contributed by atoms with Crippen molar-refractivity contribution in [2.75, 3.05) is 6.54 Å². The van der Waals surface area contributed by atoms with Gasteiger partial charge in [-0.2, -0.15) is 0 Å². The first kappa shape index (κ1) is 22.0. The highest BCUT2D eigenvalue weighted by Crippen LogP contribution is 2.25. The van der Waals surface area contributed by atoms with Crippen molar-refractivity contribution in [1.29, 1.82) is 0 Å². The highest BCUT2D eigenvalue weighted by atomic mass is 32.1. The molecule has 0 spiro atoms. The van der Waals surface area contributed by atoms with Gasteiger partial charge in [0.1, 0.15) is 0 Å². The van der Waals surface area contributed by atoms with E-state index in [1.165, 1.54) is 0 Å². The molecule has 0 radical (unpaired) electrons. The van der Waals surface area contributed by atoms with E-state index in [1.54, 1.807) is 0 Å². The van der Waals surface area contributed by atoms with E-state index in [4.69, 9.17) is 24.4 Å². The van der Waals surface area contributed by atoms with Gasteiger partial charge in [0.15, 0.2) is 10.2 Å². The molecule has 0 aromatic heterocycles. The Morgan fingerprint density at radius 1 is 0.889 bits per heavy atom. The van der Waals surface area contributed by atoms with Crippen LogP contribution in [-0.2, 0) is 9.59 Å². The van der Waals surface area contributed by atoms with Gasteiger partial charge in [-0.1, -0.05) is 32.6 Å². The highest BCUT2D eigenvalue weighted by molar-refractivity contribution is 7.80. The fourth-order valence-electron chi connectivity index (χ4n) is 3.81. The molecule has 0 aromatic carbocycles. The number of carbonyl (C=O) groups excluding carboxylic acids is 2. The lowest BCUT2D eigenvalue weighted by molar-refractivity contribution is -0.124. The van der Waals surface area contributed by atoms with Crippen LogP contribution >= 0.6 is 24.4 Å². The third-order valence-corrected chi connectivity index (χ3v) is 6.00. The van der Waals surface area contributed by atoms with Crippen molar-refractivity contribution >= 4 is 46.5 Å². The van der Waals surface area contributed by atoms with Gasteiger partial charge in [-0.25, -0.2) is 0 Å². The van der Waals surface area contributed by atoms with Crippen molar-refractivity contribution < 1.29 is 9.59 Å². The van der Waals surface area contributed by atoms with Gasteiger partial charge in [0, 0.05) is 24.4 Å². The van der Waals surface area contributed by atoms with Gasteiger partial charge in [-0.05, 0) is 63.0 Å². The van der Waals surface area contributed by atoms with Crippen LogP contribution in [0.15, 0.2) is 0 Å². The van der Waals surface area contributed by atoms with Crippen LogP contribution < -0.4 is 21.3 Å². The van der Waals surface area contributed by atoms with Gasteiger partial charge in [0.25, 0.3) is 0 Å². The van der Waals surface area contributed by atoms with Crippen molar-refractivity contribution in [3.8, 4) is 0 Å². The van der Waals surface area contributed by atoms with Crippen LogP contribution in [0.25, 0.3) is 0 Å². The fraction of sp³-hybridized carbons (Fsp3) is 0.789. The van der Waals surface area contributed by atoms with Crippen molar-refractivity contribution in [3.63, 3.8) is 0 Å². The van der Waals surface area contributed by atoms with E-state index in [2.05, 4.69) is 28.2 Å². The molecule has 0 aliphatic heterocycles. The Bertz CT molecular complexity index is 544. The maximum Gasteiger partial charge on any atom is 0.229 e. The van der Waals surface area contributed by atoms with Gasteiger partial charge in [-0.3, -0.25) is 9.59 Å². The summed E-state index contributed by atoms with van der Waals surface area (Å²) in [5.74, 6) is 0.280. The molecule has 2 fully saturated rings. The molecule has 6 nitrogen and oxygen atoms in total. The summed E-state index contributed by atoms with van der Waals surface area (Å²) in [6.45, 7) is 2.70. The first-order chi connectivity index (χ1) is 13.0. The summed E-state index contributed by atoms with van der Waals surface area (Å²) in [7, 11) is 0. The lowest BCUT2D eigenvalue weighted by atomic mass is 10.1. The largest absolute Gasteiger partial charge is 0.362 e. The Labute approximate surface area is 173 Å². The van der Waals surface area contributed by atoms with Crippen LogP contribution in [0.5, 0.6) is 0 Å². The molecule has 152 valence electrons. The Balaban J connectivity index is 1.62. The molecule has 8 heteroatoms. The standard InChI is InChI=1S/C19H32N4O2S2/c1-2-15(21-19(27)23-17(25)14-9-5-6-10-14)11-12-20-18(26)22-16(24)13-7-3-4-8-13/h13-15H,2-12H2,1H3,(H2,20,22,24,26)(H2,21,23,25,27)/t15-/m1/s1. The van der Waals surface area contributed by atoms with Gasteiger partial charge in [0.2, 0.25) is 11.8 Å². The average Bonchev–Trinajstić information content (AvgIpc) is 3.34. The Morgan fingerprint density at radius 2 is 1.37 bits per heavy atom. The third kappa shape index (κ3) is 7.70. The molecule has 2 aliphatic rings. The summed E-state index contributed by atoms with van der Waals surface area (Å²) in [4.78, 5) is 24.2. The molecular formula is C19H32N4O2S2. The topological polar surface area (TPSA) is 82.3 Å². The first-order valence-electron chi connectivity index (χ1n) is 10.2. The van der Waals surface area contributed by atoms with Crippen molar-refractivity contribution in [3.05, 3.63) is 0 Å². The van der Waals surface area contributed by atoms with Gasteiger partial charge < -0.3 is 21.3 Å². The average molecular weight is 413 g/mol. The van der Waals surface area contributed by atoms with Crippen molar-refractivity contribution in [2.24, 2.45) is 11.8 Å². The van der Waals surface area contributed by atoms with Crippen LogP contribution in [0, 0.1) is 11.8 Å². The van der Waals surface area contributed by atoms with Crippen LogP contribution in [0.2, 0.25) is 0 Å².